The molecule has 0 unspecified atom stereocenters. The standard InChI is InChI=1S/C11H9N3O3/c15-9-12-10-14-11(13-9)17-6-8-3-1-2-7(4-8)5-16-10/h1-4H,5-6H2,(H,12,13,14,15). The number of benzene rings is 1. The summed E-state index contributed by atoms with van der Waals surface area (Å²) in [5.74, 6) is 0. The zero-order valence-corrected chi connectivity index (χ0v) is 8.84. The fourth-order valence-electron chi connectivity index (χ4n) is 1.59. The normalized spacial score (nSPS) is 13.4. The van der Waals surface area contributed by atoms with Crippen LogP contribution in [0.3, 0.4) is 0 Å². The molecule has 0 radical (unpaired) electrons. The Morgan fingerprint density at radius 2 is 1.88 bits per heavy atom. The molecule has 4 bridgehead atoms. The molecule has 0 amide bonds. The van der Waals surface area contributed by atoms with Crippen LogP contribution in [0.1, 0.15) is 11.1 Å². The molecule has 0 saturated carbocycles. The molecule has 2 aromatic rings. The van der Waals surface area contributed by atoms with E-state index in [0.717, 1.165) is 11.1 Å². The minimum absolute atomic E-state index is 0.0241. The lowest BCUT2D eigenvalue weighted by molar-refractivity contribution is 0.242. The van der Waals surface area contributed by atoms with E-state index in [1.54, 1.807) is 0 Å². The minimum atomic E-state index is -0.533. The molecule has 0 aliphatic carbocycles. The van der Waals surface area contributed by atoms with Gasteiger partial charge in [-0.15, -0.1) is 9.97 Å². The molecule has 0 atom stereocenters. The summed E-state index contributed by atoms with van der Waals surface area (Å²) in [7, 11) is 0. The van der Waals surface area contributed by atoms with Crippen LogP contribution >= 0.6 is 0 Å². The first-order chi connectivity index (χ1) is 8.29. The van der Waals surface area contributed by atoms with Crippen LogP contribution in [0.25, 0.3) is 0 Å². The largest absolute Gasteiger partial charge is 0.460 e. The lowest BCUT2D eigenvalue weighted by atomic mass is 10.1. The molecular formula is C11H9N3O3. The SMILES string of the molecule is O=c1nc2nc([nH]1)OCc1cccc(c1)CO2. The summed E-state index contributed by atoms with van der Waals surface area (Å²) in [6, 6.07) is 7.91. The molecule has 6 nitrogen and oxygen atoms in total. The molecule has 0 fully saturated rings. The van der Waals surface area contributed by atoms with E-state index in [-0.39, 0.29) is 12.0 Å². The Hall–Kier alpha value is -2.37. The quantitative estimate of drug-likeness (QED) is 0.719. The van der Waals surface area contributed by atoms with Gasteiger partial charge in [-0.25, -0.2) is 4.79 Å². The minimum Gasteiger partial charge on any atom is -0.460 e. The Labute approximate surface area is 96.3 Å². The molecule has 3 rings (SSSR count). The summed E-state index contributed by atoms with van der Waals surface area (Å²) >= 11 is 0. The van der Waals surface area contributed by atoms with Gasteiger partial charge in [0, 0.05) is 0 Å². The predicted octanol–water partition coefficient (Wildman–Crippen LogP) is 0.636. The number of rotatable bonds is 0. The van der Waals surface area contributed by atoms with Crippen LogP contribution in [0, 0.1) is 0 Å². The van der Waals surface area contributed by atoms with E-state index in [2.05, 4.69) is 15.0 Å². The van der Waals surface area contributed by atoms with Gasteiger partial charge in [-0.3, -0.25) is 4.98 Å². The van der Waals surface area contributed by atoms with Crippen molar-refractivity contribution in [2.24, 2.45) is 0 Å². The van der Waals surface area contributed by atoms with Crippen molar-refractivity contribution in [1.82, 2.24) is 15.0 Å². The number of ether oxygens (including phenoxy) is 2. The van der Waals surface area contributed by atoms with Crippen LogP contribution in [-0.2, 0) is 13.2 Å². The summed E-state index contributed by atoms with van der Waals surface area (Å²) in [5.41, 5.74) is 1.45. The summed E-state index contributed by atoms with van der Waals surface area (Å²) in [4.78, 5) is 21.1. The van der Waals surface area contributed by atoms with Crippen molar-refractivity contribution in [2.45, 2.75) is 13.2 Å². The van der Waals surface area contributed by atoms with Crippen LogP contribution in [0.5, 0.6) is 12.0 Å². The smallest absolute Gasteiger partial charge is 0.353 e. The second-order valence-corrected chi connectivity index (χ2v) is 3.64. The Morgan fingerprint density at radius 3 is 2.71 bits per heavy atom. The highest BCUT2D eigenvalue weighted by molar-refractivity contribution is 5.23. The average Bonchev–Trinajstić information content (AvgIpc) is 2.33. The van der Waals surface area contributed by atoms with Crippen molar-refractivity contribution in [3.8, 4) is 12.0 Å². The molecule has 1 aliphatic heterocycles. The number of H-pyrrole nitrogens is 1. The predicted molar refractivity (Wildman–Crippen MR) is 57.8 cm³/mol. The van der Waals surface area contributed by atoms with Gasteiger partial charge in [-0.05, 0) is 17.2 Å². The summed E-state index contributed by atoms with van der Waals surface area (Å²) < 4.78 is 10.7. The molecule has 0 saturated heterocycles. The van der Waals surface area contributed by atoms with Gasteiger partial charge < -0.3 is 9.47 Å². The van der Waals surface area contributed by atoms with E-state index in [4.69, 9.17) is 9.47 Å². The molecule has 1 aliphatic rings. The molecule has 17 heavy (non-hydrogen) atoms. The third kappa shape index (κ3) is 2.10. The molecule has 1 N–H and O–H groups in total. The number of nitrogens with zero attached hydrogens (tertiary/aromatic N) is 2. The van der Waals surface area contributed by atoms with Gasteiger partial charge >= 0.3 is 17.7 Å². The molecule has 86 valence electrons. The van der Waals surface area contributed by atoms with Crippen molar-refractivity contribution >= 4 is 0 Å². The number of aromatic nitrogens is 3. The second kappa shape index (κ2) is 3.89. The van der Waals surface area contributed by atoms with E-state index >= 15 is 0 Å². The first-order valence-electron chi connectivity index (χ1n) is 5.11. The molecule has 1 aromatic heterocycles. The van der Waals surface area contributed by atoms with Crippen LogP contribution in [0.15, 0.2) is 29.1 Å². The van der Waals surface area contributed by atoms with E-state index in [9.17, 15) is 4.79 Å². The van der Waals surface area contributed by atoms with E-state index in [0.29, 0.717) is 13.2 Å². The fraction of sp³-hybridized carbons (Fsp3) is 0.182. The molecule has 0 spiro atoms. The summed E-state index contributed by atoms with van der Waals surface area (Å²) in [5, 5.41) is 0. The number of hydrogen-bond acceptors (Lipinski definition) is 5. The number of hydrogen-bond donors (Lipinski definition) is 1. The van der Waals surface area contributed by atoms with Gasteiger partial charge in [-0.2, -0.15) is 0 Å². The van der Waals surface area contributed by atoms with Crippen molar-refractivity contribution < 1.29 is 9.47 Å². The number of nitrogens with one attached hydrogen (secondary N) is 1. The summed E-state index contributed by atoms with van der Waals surface area (Å²) in [6.45, 7) is 0.678. The maximum absolute atomic E-state index is 11.2. The molecular weight excluding hydrogens is 222 g/mol. The van der Waals surface area contributed by atoms with Crippen molar-refractivity contribution in [3.05, 3.63) is 45.9 Å². The van der Waals surface area contributed by atoms with Crippen molar-refractivity contribution in [3.63, 3.8) is 0 Å². The number of aromatic amines is 1. The average molecular weight is 231 g/mol. The molecule has 2 heterocycles. The summed E-state index contributed by atoms with van der Waals surface area (Å²) in [6.07, 6.45) is 0. The van der Waals surface area contributed by atoms with Crippen LogP contribution in [-0.4, -0.2) is 15.0 Å². The first-order valence-corrected chi connectivity index (χ1v) is 5.11. The molecule has 1 aromatic carbocycles. The lowest BCUT2D eigenvalue weighted by Gasteiger charge is -2.11. The van der Waals surface area contributed by atoms with Gasteiger partial charge in [0.1, 0.15) is 13.2 Å². The number of fused-ring (bicyclic) bond motifs is 4. The third-order valence-corrected chi connectivity index (χ3v) is 2.34. The van der Waals surface area contributed by atoms with Crippen molar-refractivity contribution in [2.75, 3.05) is 0 Å². The van der Waals surface area contributed by atoms with Crippen LogP contribution in [0.2, 0.25) is 0 Å². The Morgan fingerprint density at radius 1 is 1.12 bits per heavy atom. The third-order valence-electron chi connectivity index (χ3n) is 2.34. The van der Waals surface area contributed by atoms with Gasteiger partial charge in [0.05, 0.1) is 0 Å². The zero-order chi connectivity index (χ0) is 11.7. The monoisotopic (exact) mass is 231 g/mol. The maximum Gasteiger partial charge on any atom is 0.353 e. The zero-order valence-electron chi connectivity index (χ0n) is 8.84. The van der Waals surface area contributed by atoms with E-state index < -0.39 is 5.69 Å². The molecule has 6 heteroatoms. The van der Waals surface area contributed by atoms with E-state index in [1.165, 1.54) is 0 Å². The highest BCUT2D eigenvalue weighted by Gasteiger charge is 2.08. The fourth-order valence-corrected chi connectivity index (χ4v) is 1.59. The maximum atomic E-state index is 11.2. The van der Waals surface area contributed by atoms with Gasteiger partial charge in [0.25, 0.3) is 0 Å². The van der Waals surface area contributed by atoms with Crippen LogP contribution < -0.4 is 15.2 Å². The Bertz CT molecular complexity index is 564. The van der Waals surface area contributed by atoms with E-state index in [1.807, 2.05) is 24.3 Å². The topological polar surface area (TPSA) is 77.1 Å². The Kier molecular flexibility index (Phi) is 2.25. The highest BCUT2D eigenvalue weighted by atomic mass is 16.5. The second-order valence-electron chi connectivity index (χ2n) is 3.64. The highest BCUT2D eigenvalue weighted by Crippen LogP contribution is 2.13. The van der Waals surface area contributed by atoms with Gasteiger partial charge in [0.15, 0.2) is 0 Å². The van der Waals surface area contributed by atoms with Gasteiger partial charge in [0.2, 0.25) is 0 Å². The van der Waals surface area contributed by atoms with Gasteiger partial charge in [-0.1, -0.05) is 18.2 Å². The Balaban J connectivity index is 2.02. The van der Waals surface area contributed by atoms with Crippen molar-refractivity contribution in [1.29, 1.82) is 0 Å². The first kappa shape index (κ1) is 9.83. The lowest BCUT2D eigenvalue weighted by Crippen LogP contribution is -2.16. The van der Waals surface area contributed by atoms with Crippen LogP contribution in [0.4, 0.5) is 0 Å².